The van der Waals surface area contributed by atoms with Crippen LogP contribution < -0.4 is 11.1 Å². The molecule has 0 heterocycles. The van der Waals surface area contributed by atoms with Gasteiger partial charge in [-0.15, -0.1) is 0 Å². The molecule has 1 atom stereocenters. The van der Waals surface area contributed by atoms with Crippen LogP contribution in [0, 0.1) is 5.92 Å². The Morgan fingerprint density at radius 2 is 2.00 bits per heavy atom. The van der Waals surface area contributed by atoms with Gasteiger partial charge in [-0.3, -0.25) is 4.79 Å². The average molecular weight is 186 g/mol. The smallest absolute Gasteiger partial charge is 0.220 e. The molecule has 3 heteroatoms. The van der Waals surface area contributed by atoms with Gasteiger partial charge in [0.25, 0.3) is 0 Å². The molecule has 0 aliphatic heterocycles. The fraction of sp³-hybridized carbons (Fsp3) is 0.900. The van der Waals surface area contributed by atoms with E-state index in [0.29, 0.717) is 12.3 Å². The Kier molecular flexibility index (Phi) is 6.59. The van der Waals surface area contributed by atoms with Gasteiger partial charge in [0.2, 0.25) is 5.91 Å². The van der Waals surface area contributed by atoms with Gasteiger partial charge in [-0.05, 0) is 25.7 Å². The Labute approximate surface area is 81.1 Å². The summed E-state index contributed by atoms with van der Waals surface area (Å²) in [5.74, 6) is 0.591. The summed E-state index contributed by atoms with van der Waals surface area (Å²) in [7, 11) is 0. The normalized spacial score (nSPS) is 13.0. The van der Waals surface area contributed by atoms with Gasteiger partial charge in [-0.25, -0.2) is 0 Å². The van der Waals surface area contributed by atoms with Crippen LogP contribution >= 0.6 is 0 Å². The second-order valence-electron chi connectivity index (χ2n) is 4.07. The lowest BCUT2D eigenvalue weighted by Gasteiger charge is -2.08. The first-order valence-corrected chi connectivity index (χ1v) is 5.04. The van der Waals surface area contributed by atoms with Crippen LogP contribution in [0.5, 0.6) is 0 Å². The van der Waals surface area contributed by atoms with Crippen molar-refractivity contribution < 1.29 is 4.79 Å². The minimum Gasteiger partial charge on any atom is -0.356 e. The average Bonchev–Trinajstić information content (AvgIpc) is 1.96. The Morgan fingerprint density at radius 1 is 1.38 bits per heavy atom. The zero-order chi connectivity index (χ0) is 10.3. The maximum atomic E-state index is 11.2. The van der Waals surface area contributed by atoms with Crippen LogP contribution in [-0.2, 0) is 4.79 Å². The van der Waals surface area contributed by atoms with Crippen LogP contribution in [0.3, 0.4) is 0 Å². The van der Waals surface area contributed by atoms with E-state index in [9.17, 15) is 4.79 Å². The Balaban J connectivity index is 3.27. The van der Waals surface area contributed by atoms with E-state index in [2.05, 4.69) is 5.32 Å². The highest BCUT2D eigenvalue weighted by molar-refractivity contribution is 5.75. The predicted octanol–water partition coefficient (Wildman–Crippen LogP) is 1.28. The van der Waals surface area contributed by atoms with E-state index in [1.165, 1.54) is 0 Å². The Bertz CT molecular complexity index is 144. The molecule has 1 amide bonds. The maximum Gasteiger partial charge on any atom is 0.220 e. The zero-order valence-corrected chi connectivity index (χ0v) is 8.97. The summed E-state index contributed by atoms with van der Waals surface area (Å²) in [4.78, 5) is 11.2. The summed E-state index contributed by atoms with van der Waals surface area (Å²) in [5.41, 5.74) is 5.58. The SMILES string of the molecule is CC(C)CC(=O)NCCCC(C)N. The van der Waals surface area contributed by atoms with E-state index in [0.717, 1.165) is 19.4 Å². The molecule has 13 heavy (non-hydrogen) atoms. The van der Waals surface area contributed by atoms with Crippen molar-refractivity contribution in [3.63, 3.8) is 0 Å². The highest BCUT2D eigenvalue weighted by Gasteiger charge is 2.03. The number of nitrogens with one attached hydrogen (secondary N) is 1. The van der Waals surface area contributed by atoms with Gasteiger partial charge in [0.15, 0.2) is 0 Å². The second-order valence-corrected chi connectivity index (χ2v) is 4.07. The molecule has 3 nitrogen and oxygen atoms in total. The minimum absolute atomic E-state index is 0.152. The van der Waals surface area contributed by atoms with Crippen molar-refractivity contribution >= 4 is 5.91 Å². The van der Waals surface area contributed by atoms with Crippen molar-refractivity contribution in [1.29, 1.82) is 0 Å². The molecule has 0 fully saturated rings. The van der Waals surface area contributed by atoms with E-state index in [1.54, 1.807) is 0 Å². The molecule has 0 aromatic heterocycles. The summed E-state index contributed by atoms with van der Waals surface area (Å²) in [6.45, 7) is 6.83. The van der Waals surface area contributed by atoms with Gasteiger partial charge in [-0.2, -0.15) is 0 Å². The third-order valence-corrected chi connectivity index (χ3v) is 1.75. The topological polar surface area (TPSA) is 55.1 Å². The van der Waals surface area contributed by atoms with E-state index in [-0.39, 0.29) is 11.9 Å². The summed E-state index contributed by atoms with van der Waals surface area (Å²) in [6.07, 6.45) is 2.57. The third kappa shape index (κ3) is 9.34. The summed E-state index contributed by atoms with van der Waals surface area (Å²) < 4.78 is 0. The molecular weight excluding hydrogens is 164 g/mol. The minimum atomic E-state index is 0.152. The van der Waals surface area contributed by atoms with Gasteiger partial charge in [0.1, 0.15) is 0 Å². The summed E-state index contributed by atoms with van der Waals surface area (Å²) >= 11 is 0. The predicted molar refractivity (Wildman–Crippen MR) is 55.3 cm³/mol. The Morgan fingerprint density at radius 3 is 2.46 bits per heavy atom. The monoisotopic (exact) mass is 186 g/mol. The molecule has 0 saturated heterocycles. The standard InChI is InChI=1S/C10H22N2O/c1-8(2)7-10(13)12-6-4-5-9(3)11/h8-9H,4-7,11H2,1-3H3,(H,12,13). The van der Waals surface area contributed by atoms with Gasteiger partial charge in [0.05, 0.1) is 0 Å². The summed E-state index contributed by atoms with van der Waals surface area (Å²) in [6, 6.07) is 0.238. The lowest BCUT2D eigenvalue weighted by atomic mass is 10.1. The number of rotatable bonds is 6. The molecule has 78 valence electrons. The molecule has 0 bridgehead atoms. The number of hydrogen-bond acceptors (Lipinski definition) is 2. The van der Waals surface area contributed by atoms with Crippen molar-refractivity contribution in [3.05, 3.63) is 0 Å². The molecular formula is C10H22N2O. The van der Waals surface area contributed by atoms with Crippen LogP contribution in [0.25, 0.3) is 0 Å². The molecule has 1 unspecified atom stereocenters. The van der Waals surface area contributed by atoms with Crippen LogP contribution in [-0.4, -0.2) is 18.5 Å². The van der Waals surface area contributed by atoms with Crippen molar-refractivity contribution in [2.75, 3.05) is 6.54 Å². The largest absolute Gasteiger partial charge is 0.356 e. The quantitative estimate of drug-likeness (QED) is 0.614. The van der Waals surface area contributed by atoms with Gasteiger partial charge in [-0.1, -0.05) is 13.8 Å². The van der Waals surface area contributed by atoms with Gasteiger partial charge >= 0.3 is 0 Å². The molecule has 0 rings (SSSR count). The molecule has 0 spiro atoms. The van der Waals surface area contributed by atoms with Gasteiger partial charge < -0.3 is 11.1 Å². The highest BCUT2D eigenvalue weighted by Crippen LogP contribution is 1.98. The molecule has 0 aromatic carbocycles. The molecule has 0 aliphatic rings. The van der Waals surface area contributed by atoms with E-state index >= 15 is 0 Å². The Hall–Kier alpha value is -0.570. The number of nitrogens with two attached hydrogens (primary N) is 1. The second kappa shape index (κ2) is 6.89. The van der Waals surface area contributed by atoms with E-state index in [4.69, 9.17) is 5.73 Å². The van der Waals surface area contributed by atoms with Crippen LogP contribution in [0.1, 0.15) is 40.0 Å². The van der Waals surface area contributed by atoms with Gasteiger partial charge in [0, 0.05) is 19.0 Å². The van der Waals surface area contributed by atoms with Crippen LogP contribution in [0.15, 0.2) is 0 Å². The first-order chi connectivity index (χ1) is 6.02. The van der Waals surface area contributed by atoms with Crippen molar-refractivity contribution in [1.82, 2.24) is 5.32 Å². The molecule has 0 saturated carbocycles. The highest BCUT2D eigenvalue weighted by atomic mass is 16.1. The molecule has 0 aliphatic carbocycles. The first kappa shape index (κ1) is 12.4. The first-order valence-electron chi connectivity index (χ1n) is 5.04. The molecule has 3 N–H and O–H groups in total. The lowest BCUT2D eigenvalue weighted by molar-refractivity contribution is -0.121. The van der Waals surface area contributed by atoms with Crippen molar-refractivity contribution in [2.24, 2.45) is 11.7 Å². The zero-order valence-electron chi connectivity index (χ0n) is 8.97. The molecule has 0 radical (unpaired) electrons. The van der Waals surface area contributed by atoms with E-state index < -0.39 is 0 Å². The van der Waals surface area contributed by atoms with Crippen LogP contribution in [0.2, 0.25) is 0 Å². The van der Waals surface area contributed by atoms with Crippen molar-refractivity contribution in [2.45, 2.75) is 46.1 Å². The van der Waals surface area contributed by atoms with Crippen LogP contribution in [0.4, 0.5) is 0 Å². The number of amides is 1. The van der Waals surface area contributed by atoms with Crippen molar-refractivity contribution in [3.8, 4) is 0 Å². The molecule has 0 aromatic rings. The lowest BCUT2D eigenvalue weighted by Crippen LogP contribution is -2.26. The fourth-order valence-corrected chi connectivity index (χ4v) is 1.09. The summed E-state index contributed by atoms with van der Waals surface area (Å²) in [5, 5.41) is 2.87. The van der Waals surface area contributed by atoms with E-state index in [1.807, 2.05) is 20.8 Å². The number of carbonyl (C=O) groups is 1. The fourth-order valence-electron chi connectivity index (χ4n) is 1.09. The third-order valence-electron chi connectivity index (χ3n) is 1.75. The number of carbonyl (C=O) groups excluding carboxylic acids is 1. The number of hydrogen-bond donors (Lipinski definition) is 2. The maximum absolute atomic E-state index is 11.2.